The van der Waals surface area contributed by atoms with E-state index < -0.39 is 0 Å². The standard InChI is InChI=1S/C19H27N3O/c1-14-10-15(2)12-21(11-14)13-18-16(3)20(4)22(19(18)23)17-8-6-5-7-9-17/h5-9,14-15H,10-13H2,1-4H3/t14-,15-/m1/s1. The van der Waals surface area contributed by atoms with Crippen molar-refractivity contribution in [1.29, 1.82) is 0 Å². The summed E-state index contributed by atoms with van der Waals surface area (Å²) in [6, 6.07) is 9.88. The van der Waals surface area contributed by atoms with Gasteiger partial charge in [-0.1, -0.05) is 32.0 Å². The van der Waals surface area contributed by atoms with Crippen LogP contribution in [0.5, 0.6) is 0 Å². The second-order valence-electron chi connectivity index (χ2n) is 7.18. The Hall–Kier alpha value is -1.81. The van der Waals surface area contributed by atoms with E-state index in [2.05, 4.69) is 18.7 Å². The van der Waals surface area contributed by atoms with E-state index in [-0.39, 0.29) is 5.56 Å². The summed E-state index contributed by atoms with van der Waals surface area (Å²) < 4.78 is 3.76. The molecule has 2 heterocycles. The molecule has 1 saturated heterocycles. The molecule has 0 saturated carbocycles. The van der Waals surface area contributed by atoms with Gasteiger partial charge in [0.25, 0.3) is 5.56 Å². The van der Waals surface area contributed by atoms with Crippen LogP contribution in [-0.2, 0) is 13.6 Å². The second kappa shape index (κ2) is 6.36. The van der Waals surface area contributed by atoms with E-state index in [0.717, 1.165) is 36.6 Å². The summed E-state index contributed by atoms with van der Waals surface area (Å²) in [5.74, 6) is 1.42. The Morgan fingerprint density at radius 3 is 2.30 bits per heavy atom. The maximum atomic E-state index is 13.0. The molecule has 1 fully saturated rings. The molecule has 0 spiro atoms. The number of hydrogen-bond acceptors (Lipinski definition) is 2. The molecule has 1 aromatic carbocycles. The van der Waals surface area contributed by atoms with Crippen molar-refractivity contribution < 1.29 is 0 Å². The molecule has 0 radical (unpaired) electrons. The summed E-state index contributed by atoms with van der Waals surface area (Å²) in [7, 11) is 1.97. The molecule has 0 aliphatic carbocycles. The second-order valence-corrected chi connectivity index (χ2v) is 7.18. The number of likely N-dealkylation sites (tertiary alicyclic amines) is 1. The molecule has 4 heteroatoms. The van der Waals surface area contributed by atoms with Gasteiger partial charge < -0.3 is 0 Å². The zero-order valence-electron chi connectivity index (χ0n) is 14.6. The van der Waals surface area contributed by atoms with Gasteiger partial charge in [0.1, 0.15) is 0 Å². The molecule has 1 aliphatic heterocycles. The average Bonchev–Trinajstić information content (AvgIpc) is 2.71. The zero-order valence-corrected chi connectivity index (χ0v) is 14.6. The Morgan fingerprint density at radius 2 is 1.70 bits per heavy atom. The highest BCUT2D eigenvalue weighted by Gasteiger charge is 2.24. The minimum Gasteiger partial charge on any atom is -0.298 e. The molecule has 0 bridgehead atoms. The minimum absolute atomic E-state index is 0.113. The van der Waals surface area contributed by atoms with Crippen LogP contribution in [-0.4, -0.2) is 27.4 Å². The topological polar surface area (TPSA) is 30.2 Å². The molecular weight excluding hydrogens is 286 g/mol. The highest BCUT2D eigenvalue weighted by Crippen LogP contribution is 2.22. The first kappa shape index (κ1) is 16.1. The molecule has 1 aromatic heterocycles. The van der Waals surface area contributed by atoms with Gasteiger partial charge in [0.15, 0.2) is 0 Å². The fraction of sp³-hybridized carbons (Fsp3) is 0.526. The largest absolute Gasteiger partial charge is 0.298 e. The van der Waals surface area contributed by atoms with Crippen molar-refractivity contribution in [3.8, 4) is 5.69 Å². The van der Waals surface area contributed by atoms with Crippen LogP contribution in [0.2, 0.25) is 0 Å². The Morgan fingerprint density at radius 1 is 1.09 bits per heavy atom. The van der Waals surface area contributed by atoms with Crippen LogP contribution < -0.4 is 5.56 Å². The van der Waals surface area contributed by atoms with Gasteiger partial charge in [0.2, 0.25) is 0 Å². The van der Waals surface area contributed by atoms with Crippen LogP contribution in [0.3, 0.4) is 0 Å². The van der Waals surface area contributed by atoms with Crippen LogP contribution in [0.25, 0.3) is 5.69 Å². The van der Waals surface area contributed by atoms with Crippen LogP contribution >= 0.6 is 0 Å². The molecule has 2 aromatic rings. The van der Waals surface area contributed by atoms with Gasteiger partial charge in [-0.25, -0.2) is 4.68 Å². The van der Waals surface area contributed by atoms with Gasteiger partial charge in [-0.05, 0) is 37.3 Å². The third kappa shape index (κ3) is 3.13. The van der Waals surface area contributed by atoms with E-state index in [4.69, 9.17) is 0 Å². The predicted octanol–water partition coefficient (Wildman–Crippen LogP) is 2.96. The van der Waals surface area contributed by atoms with E-state index in [1.807, 2.05) is 49.0 Å². The lowest BCUT2D eigenvalue weighted by Gasteiger charge is -2.34. The van der Waals surface area contributed by atoms with E-state index >= 15 is 0 Å². The molecule has 2 atom stereocenters. The molecule has 0 amide bonds. The molecule has 0 unspecified atom stereocenters. The average molecular weight is 313 g/mol. The maximum Gasteiger partial charge on any atom is 0.276 e. The molecule has 3 rings (SSSR count). The predicted molar refractivity (Wildman–Crippen MR) is 94.0 cm³/mol. The summed E-state index contributed by atoms with van der Waals surface area (Å²) in [5.41, 5.74) is 3.03. The summed E-state index contributed by atoms with van der Waals surface area (Å²) >= 11 is 0. The van der Waals surface area contributed by atoms with Crippen molar-refractivity contribution in [1.82, 2.24) is 14.3 Å². The highest BCUT2D eigenvalue weighted by atomic mass is 16.1. The van der Waals surface area contributed by atoms with Gasteiger partial charge in [0.05, 0.1) is 11.3 Å². The number of hydrogen-bond donors (Lipinski definition) is 0. The number of aromatic nitrogens is 2. The van der Waals surface area contributed by atoms with Gasteiger partial charge in [-0.15, -0.1) is 0 Å². The van der Waals surface area contributed by atoms with Crippen molar-refractivity contribution in [2.75, 3.05) is 13.1 Å². The monoisotopic (exact) mass is 313 g/mol. The van der Waals surface area contributed by atoms with Gasteiger partial charge in [-0.2, -0.15) is 0 Å². The fourth-order valence-corrected chi connectivity index (χ4v) is 3.95. The number of nitrogens with zero attached hydrogens (tertiary/aromatic N) is 3. The molecule has 1 aliphatic rings. The number of benzene rings is 1. The van der Waals surface area contributed by atoms with Gasteiger partial charge in [0, 0.05) is 32.4 Å². The van der Waals surface area contributed by atoms with Gasteiger partial charge in [-0.3, -0.25) is 14.4 Å². The summed E-state index contributed by atoms with van der Waals surface area (Å²) in [5, 5.41) is 0. The molecule has 23 heavy (non-hydrogen) atoms. The van der Waals surface area contributed by atoms with E-state index in [1.165, 1.54) is 6.42 Å². The molecular formula is C19H27N3O. The quantitative estimate of drug-likeness (QED) is 0.872. The Kier molecular flexibility index (Phi) is 4.44. The third-order valence-corrected chi connectivity index (χ3v) is 5.00. The van der Waals surface area contributed by atoms with Crippen molar-refractivity contribution in [2.24, 2.45) is 18.9 Å². The van der Waals surface area contributed by atoms with Gasteiger partial charge >= 0.3 is 0 Å². The summed E-state index contributed by atoms with van der Waals surface area (Å²) in [6.45, 7) is 9.60. The minimum atomic E-state index is 0.113. The van der Waals surface area contributed by atoms with E-state index in [1.54, 1.807) is 4.68 Å². The van der Waals surface area contributed by atoms with Crippen molar-refractivity contribution in [3.05, 3.63) is 51.9 Å². The van der Waals surface area contributed by atoms with E-state index in [9.17, 15) is 4.79 Å². The molecule has 124 valence electrons. The Balaban J connectivity index is 1.94. The highest BCUT2D eigenvalue weighted by molar-refractivity contribution is 5.33. The normalized spacial score (nSPS) is 22.4. The summed E-state index contributed by atoms with van der Waals surface area (Å²) in [6.07, 6.45) is 1.29. The lowest BCUT2D eigenvalue weighted by molar-refractivity contribution is 0.134. The number of rotatable bonds is 3. The Labute approximate surface area is 138 Å². The summed E-state index contributed by atoms with van der Waals surface area (Å²) in [4.78, 5) is 15.4. The number of para-hydroxylation sites is 1. The lowest BCUT2D eigenvalue weighted by atomic mass is 9.91. The van der Waals surface area contributed by atoms with Crippen molar-refractivity contribution in [3.63, 3.8) is 0 Å². The van der Waals surface area contributed by atoms with E-state index in [0.29, 0.717) is 11.8 Å². The number of piperidine rings is 1. The van der Waals surface area contributed by atoms with Crippen molar-refractivity contribution in [2.45, 2.75) is 33.7 Å². The van der Waals surface area contributed by atoms with Crippen LogP contribution in [0, 0.1) is 18.8 Å². The smallest absolute Gasteiger partial charge is 0.276 e. The van der Waals surface area contributed by atoms with Crippen molar-refractivity contribution >= 4 is 0 Å². The van der Waals surface area contributed by atoms with Crippen LogP contribution in [0.4, 0.5) is 0 Å². The first-order valence-corrected chi connectivity index (χ1v) is 8.52. The molecule has 4 nitrogen and oxygen atoms in total. The molecule has 0 N–H and O–H groups in total. The third-order valence-electron chi connectivity index (χ3n) is 5.00. The zero-order chi connectivity index (χ0) is 16.6. The van der Waals surface area contributed by atoms with Crippen LogP contribution in [0.15, 0.2) is 35.1 Å². The van der Waals surface area contributed by atoms with Crippen LogP contribution in [0.1, 0.15) is 31.5 Å². The Bertz CT molecular complexity index is 719. The fourth-order valence-electron chi connectivity index (χ4n) is 3.95. The SMILES string of the molecule is Cc1c(CN2C[C@H](C)C[C@@H](C)C2)c(=O)n(-c2ccccc2)n1C. The lowest BCUT2D eigenvalue weighted by Crippen LogP contribution is -2.39. The first-order chi connectivity index (χ1) is 11.0. The first-order valence-electron chi connectivity index (χ1n) is 8.52. The maximum absolute atomic E-state index is 13.0.